The maximum Gasteiger partial charge on any atom is 0.340 e. The second kappa shape index (κ2) is 11.9. The topological polar surface area (TPSA) is 144 Å². The van der Waals surface area contributed by atoms with E-state index in [0.717, 1.165) is 14.9 Å². The molecule has 0 aromatic heterocycles. The number of amides is 2. The number of hydrogen-bond acceptors (Lipinski definition) is 11. The summed E-state index contributed by atoms with van der Waals surface area (Å²) in [4.78, 5) is 43.6. The molecule has 7 bridgehead atoms. The fourth-order valence-electron chi connectivity index (χ4n) is 13.2. The fourth-order valence-corrected chi connectivity index (χ4v) is 13.7. The molecule has 1 spiro atoms. The van der Waals surface area contributed by atoms with E-state index in [1.165, 1.54) is 0 Å². The molecular weight excluding hydrogens is 757 g/mol. The zero-order chi connectivity index (χ0) is 35.7. The highest BCUT2D eigenvalue weighted by Crippen LogP contribution is 2.80. The lowest BCUT2D eigenvalue weighted by Crippen LogP contribution is -2.82. The summed E-state index contributed by atoms with van der Waals surface area (Å²) in [5, 5.41) is 26.6. The maximum atomic E-state index is 14.2. The summed E-state index contributed by atoms with van der Waals surface area (Å²) in [7, 11) is 6.71. The summed E-state index contributed by atoms with van der Waals surface area (Å²) in [5.41, 5.74) is -4.18. The number of methoxy groups -OCH3 is 4. The number of esters is 1. The number of nitrogens with zero attached hydrogens (tertiary/aromatic N) is 2. The maximum absolute atomic E-state index is 14.2. The van der Waals surface area contributed by atoms with E-state index < -0.39 is 46.1 Å². The van der Waals surface area contributed by atoms with Crippen molar-refractivity contribution < 1.29 is 48.3 Å². The number of aliphatic hydroxyl groups is 2. The number of hydrogen-bond donors (Lipinski definition) is 2. The van der Waals surface area contributed by atoms with Crippen LogP contribution in [0.3, 0.4) is 0 Å². The Morgan fingerprint density at radius 3 is 2.46 bits per heavy atom. The van der Waals surface area contributed by atoms with E-state index in [9.17, 15) is 24.6 Å². The predicted octanol–water partition coefficient (Wildman–Crippen LogP) is 2.64. The van der Waals surface area contributed by atoms with E-state index in [1.807, 2.05) is 0 Å². The minimum absolute atomic E-state index is 0.0324. The van der Waals surface area contributed by atoms with Crippen LogP contribution in [0, 0.1) is 44.0 Å². The van der Waals surface area contributed by atoms with Crippen molar-refractivity contribution >= 4 is 46.1 Å². The first-order valence-electron chi connectivity index (χ1n) is 18.0. The van der Waals surface area contributed by atoms with Crippen molar-refractivity contribution in [3.63, 3.8) is 0 Å². The molecule has 13 heteroatoms. The van der Waals surface area contributed by atoms with Gasteiger partial charge >= 0.3 is 5.97 Å². The Hall–Kier alpha value is -1.72. The van der Waals surface area contributed by atoms with Crippen molar-refractivity contribution in [1.29, 1.82) is 0 Å². The van der Waals surface area contributed by atoms with Gasteiger partial charge in [-0.2, -0.15) is 0 Å². The number of carbonyl (C=O) groups is 3. The van der Waals surface area contributed by atoms with Gasteiger partial charge < -0.3 is 33.9 Å². The van der Waals surface area contributed by atoms with Gasteiger partial charge in [-0.3, -0.25) is 14.5 Å². The molecule has 5 aliphatic carbocycles. The van der Waals surface area contributed by atoms with Crippen molar-refractivity contribution in [2.75, 3.05) is 53.0 Å². The minimum Gasteiger partial charge on any atom is -0.461 e. The Morgan fingerprint density at radius 2 is 1.84 bits per heavy atom. The van der Waals surface area contributed by atoms with Gasteiger partial charge in [-0.25, -0.2) is 9.69 Å². The van der Waals surface area contributed by atoms with Gasteiger partial charge in [-0.15, -0.1) is 0 Å². The quantitative estimate of drug-likeness (QED) is 0.216. The van der Waals surface area contributed by atoms with Crippen LogP contribution in [0.25, 0.3) is 0 Å². The second-order valence-electron chi connectivity index (χ2n) is 16.1. The summed E-state index contributed by atoms with van der Waals surface area (Å²) in [5.74, 6) is -2.49. The van der Waals surface area contributed by atoms with E-state index in [0.29, 0.717) is 25.9 Å². The smallest absolute Gasteiger partial charge is 0.340 e. The van der Waals surface area contributed by atoms with Crippen LogP contribution in [-0.4, -0.2) is 123 Å². The Labute approximate surface area is 306 Å². The fraction of sp³-hybridized carbons (Fsp3) is 0.757. The molecule has 14 atom stereocenters. The molecule has 2 heterocycles. The zero-order valence-corrected chi connectivity index (χ0v) is 31.8. The monoisotopic (exact) mass is 806 g/mol. The van der Waals surface area contributed by atoms with E-state index in [1.54, 1.807) is 53.6 Å². The first-order chi connectivity index (χ1) is 23.8. The van der Waals surface area contributed by atoms with Gasteiger partial charge in [-0.05, 0) is 72.5 Å². The minimum atomic E-state index is -1.70. The van der Waals surface area contributed by atoms with Gasteiger partial charge in [0, 0.05) is 85.9 Å². The van der Waals surface area contributed by atoms with Crippen molar-refractivity contribution in [2.24, 2.45) is 40.4 Å². The largest absolute Gasteiger partial charge is 0.461 e. The summed E-state index contributed by atoms with van der Waals surface area (Å²) < 4.78 is 32.2. The Morgan fingerprint density at radius 1 is 1.08 bits per heavy atom. The van der Waals surface area contributed by atoms with Crippen LogP contribution in [0.1, 0.15) is 56.3 Å². The normalized spacial score (nSPS) is 47.3. The molecule has 2 unspecified atom stereocenters. The third kappa shape index (κ3) is 4.09. The molecule has 2 N–H and O–H groups in total. The summed E-state index contributed by atoms with van der Waals surface area (Å²) in [6, 6.07) is 4.59. The summed E-state index contributed by atoms with van der Waals surface area (Å²) in [6.07, 6.45) is 0.792. The molecule has 2 amide bonds. The van der Waals surface area contributed by atoms with Crippen LogP contribution >= 0.6 is 22.6 Å². The van der Waals surface area contributed by atoms with Crippen molar-refractivity contribution in [2.45, 2.75) is 87.6 Å². The number of piperidine rings is 1. The number of rotatable bonds is 9. The first-order valence-corrected chi connectivity index (χ1v) is 19.1. The first kappa shape index (κ1) is 35.3. The predicted molar refractivity (Wildman–Crippen MR) is 187 cm³/mol. The van der Waals surface area contributed by atoms with Crippen molar-refractivity contribution in [1.82, 2.24) is 4.90 Å². The highest BCUT2D eigenvalue weighted by Gasteiger charge is 2.91. The van der Waals surface area contributed by atoms with E-state index in [-0.39, 0.29) is 84.5 Å². The number of anilines is 1. The Bertz CT molecular complexity index is 1610. The summed E-state index contributed by atoms with van der Waals surface area (Å²) >= 11 is 2.11. The molecule has 50 heavy (non-hydrogen) atoms. The number of halogens is 1. The van der Waals surface area contributed by atoms with Crippen LogP contribution in [0.2, 0.25) is 0 Å². The highest BCUT2D eigenvalue weighted by atomic mass is 125. The lowest BCUT2D eigenvalue weighted by Gasteiger charge is -2.70. The lowest BCUT2D eigenvalue weighted by atomic mass is 9.42. The van der Waals surface area contributed by atoms with Gasteiger partial charge in [0.15, 0.2) is 0 Å². The van der Waals surface area contributed by atoms with Crippen molar-refractivity contribution in [3.8, 4) is 0 Å². The number of imide groups is 1. The number of likely N-dealkylation sites (tertiary alicyclic amines) is 1. The number of fused-ring (bicyclic) bond motifs is 2. The van der Waals surface area contributed by atoms with Crippen LogP contribution < -0.4 is 4.90 Å². The Balaban J connectivity index is 1.24. The van der Waals surface area contributed by atoms with E-state index in [4.69, 9.17) is 23.7 Å². The standard InChI is InChI=1S/C37H49IN2O10/c1-7-39-16-34(17-50-32(43)20-13-19(38)8-9-23(20)40-26(41)12-18(2)31(40)42)11-10-25(47-4)36-22-14-21-24(46-3)15-35(44,27(22)28(21)48-5)37(45,33(36)39)30(49-6)29(34)36/h8-9,13,18,21-22,24-25,27-30,33,44-45H,7,10-12,14-17H2,1-6H3/t18-,21+,22+,24-,25-,27+,28-,29?,30?,33-,34-,35+,36-,37-/m0/s1/i38-2. The molecular formula is C37H49IN2O10. The molecule has 7 fully saturated rings. The van der Waals surface area contributed by atoms with Crippen LogP contribution in [0.5, 0.6) is 0 Å². The van der Waals surface area contributed by atoms with Gasteiger partial charge in [0.2, 0.25) is 11.8 Å². The van der Waals surface area contributed by atoms with Crippen LogP contribution in [0.4, 0.5) is 5.69 Å². The number of ether oxygens (including phenoxy) is 5. The third-order valence-corrected chi connectivity index (χ3v) is 15.3. The zero-order valence-electron chi connectivity index (χ0n) is 29.6. The van der Waals surface area contributed by atoms with Crippen molar-refractivity contribution in [3.05, 3.63) is 27.3 Å². The van der Waals surface area contributed by atoms with Gasteiger partial charge in [0.1, 0.15) is 11.2 Å². The molecule has 8 rings (SSSR count). The number of carbonyl (C=O) groups excluding carboxylic acids is 3. The number of likely N-dealkylation sites (N-methyl/N-ethyl adjacent to an activating group) is 1. The van der Waals surface area contributed by atoms with Crippen LogP contribution in [-0.2, 0) is 33.3 Å². The van der Waals surface area contributed by atoms with Gasteiger partial charge in [0.05, 0.1) is 48.3 Å². The van der Waals surface area contributed by atoms with Gasteiger partial charge in [0.25, 0.3) is 0 Å². The third-order valence-electron chi connectivity index (χ3n) is 14.6. The molecule has 1 aromatic carbocycles. The SMILES string of the molecule is CCN1C[C@]2(COC(=O)c3cc([125I])ccc3N3C(=O)C[C@H](C)C3=O)CC[C@H](OC)[C@@]34C2C(OC)[C@](O)([C@@H]13)[C@@]1(O)C[C@H](OC)[C@H]2C[C@@H]4[C@@H]1[C@H]2OC. The lowest BCUT2D eigenvalue weighted by molar-refractivity contribution is -0.320. The van der Waals surface area contributed by atoms with Crippen LogP contribution in [0.15, 0.2) is 18.2 Å². The molecule has 7 aliphatic rings. The average molecular weight is 807 g/mol. The van der Waals surface area contributed by atoms with Gasteiger partial charge in [-0.1, -0.05) is 13.8 Å². The molecule has 12 nitrogen and oxygen atoms in total. The average Bonchev–Trinajstić information content (AvgIpc) is 3.63. The molecule has 1 aromatic rings. The van der Waals surface area contributed by atoms with E-state index in [2.05, 4.69) is 34.4 Å². The molecule has 274 valence electrons. The van der Waals surface area contributed by atoms with E-state index >= 15 is 0 Å². The molecule has 0 radical (unpaired) electrons. The summed E-state index contributed by atoms with van der Waals surface area (Å²) in [6.45, 7) is 4.95. The Kier molecular flexibility index (Phi) is 8.40. The number of benzene rings is 1. The molecule has 5 saturated carbocycles. The second-order valence-corrected chi connectivity index (χ2v) is 17.3. The molecule has 2 aliphatic heterocycles. The molecule has 2 saturated heterocycles. The highest BCUT2D eigenvalue weighted by molar-refractivity contribution is 14.1.